The summed E-state index contributed by atoms with van der Waals surface area (Å²) in [5, 5.41) is 13.6. The van der Waals surface area contributed by atoms with Crippen molar-refractivity contribution in [2.24, 2.45) is 0 Å². The molecule has 1 saturated carbocycles. The van der Waals surface area contributed by atoms with E-state index < -0.39 is 6.10 Å². The Labute approximate surface area is 109 Å². The van der Waals surface area contributed by atoms with E-state index in [2.05, 4.69) is 5.32 Å². The van der Waals surface area contributed by atoms with Gasteiger partial charge in [-0.25, -0.2) is 0 Å². The maximum atomic E-state index is 10.2. The Balaban J connectivity index is 1.86. The van der Waals surface area contributed by atoms with Crippen LogP contribution in [0.15, 0.2) is 24.3 Å². The molecule has 0 saturated heterocycles. The van der Waals surface area contributed by atoms with Gasteiger partial charge in [-0.2, -0.15) is 0 Å². The first kappa shape index (κ1) is 13.4. The average Bonchev–Trinajstić information content (AvgIpc) is 2.90. The number of ether oxygens (including phenoxy) is 1. The summed E-state index contributed by atoms with van der Waals surface area (Å²) >= 11 is 0. The minimum Gasteiger partial charge on any atom is -0.494 e. The minimum atomic E-state index is -0.453. The standard InChI is InChI=1S/C15H23NO2/c1-2-18-14-9-5-6-12(10-14)15(17)11-16-13-7-3-4-8-13/h5-6,9-10,13,15-17H,2-4,7-8,11H2,1H3. The van der Waals surface area contributed by atoms with Crippen LogP contribution in [0.4, 0.5) is 0 Å². The van der Waals surface area contributed by atoms with Crippen molar-refractivity contribution in [3.63, 3.8) is 0 Å². The molecule has 1 aromatic carbocycles. The summed E-state index contributed by atoms with van der Waals surface area (Å²) in [5.41, 5.74) is 0.923. The Morgan fingerprint density at radius 1 is 1.39 bits per heavy atom. The highest BCUT2D eigenvalue weighted by molar-refractivity contribution is 5.30. The second-order valence-electron chi connectivity index (χ2n) is 4.91. The first-order valence-corrected chi connectivity index (χ1v) is 6.94. The fourth-order valence-corrected chi connectivity index (χ4v) is 2.50. The SMILES string of the molecule is CCOc1cccc(C(O)CNC2CCCC2)c1. The van der Waals surface area contributed by atoms with E-state index in [-0.39, 0.29) is 0 Å². The number of aliphatic hydroxyl groups is 1. The molecule has 3 nitrogen and oxygen atoms in total. The summed E-state index contributed by atoms with van der Waals surface area (Å²) in [6, 6.07) is 8.31. The molecule has 0 heterocycles. The van der Waals surface area contributed by atoms with E-state index in [9.17, 15) is 5.11 Å². The molecule has 1 unspecified atom stereocenters. The monoisotopic (exact) mass is 249 g/mol. The lowest BCUT2D eigenvalue weighted by molar-refractivity contribution is 0.169. The fourth-order valence-electron chi connectivity index (χ4n) is 2.50. The van der Waals surface area contributed by atoms with Gasteiger partial charge in [0.15, 0.2) is 0 Å². The van der Waals surface area contributed by atoms with Gasteiger partial charge in [-0.1, -0.05) is 25.0 Å². The van der Waals surface area contributed by atoms with Crippen molar-refractivity contribution in [2.45, 2.75) is 44.8 Å². The molecular formula is C15H23NO2. The van der Waals surface area contributed by atoms with Crippen LogP contribution in [0.1, 0.15) is 44.3 Å². The zero-order valence-electron chi connectivity index (χ0n) is 11.1. The van der Waals surface area contributed by atoms with Gasteiger partial charge in [0.25, 0.3) is 0 Å². The van der Waals surface area contributed by atoms with Crippen LogP contribution in [-0.2, 0) is 0 Å². The Morgan fingerprint density at radius 2 is 2.17 bits per heavy atom. The molecule has 100 valence electrons. The van der Waals surface area contributed by atoms with E-state index in [4.69, 9.17) is 4.74 Å². The summed E-state index contributed by atoms with van der Waals surface area (Å²) < 4.78 is 5.44. The Hall–Kier alpha value is -1.06. The lowest BCUT2D eigenvalue weighted by atomic mass is 10.1. The highest BCUT2D eigenvalue weighted by Gasteiger charge is 2.16. The quantitative estimate of drug-likeness (QED) is 0.814. The van der Waals surface area contributed by atoms with Gasteiger partial charge in [-0.15, -0.1) is 0 Å². The van der Waals surface area contributed by atoms with Crippen LogP contribution >= 0.6 is 0 Å². The molecule has 0 aromatic heterocycles. The van der Waals surface area contributed by atoms with E-state index in [1.807, 2.05) is 31.2 Å². The van der Waals surface area contributed by atoms with Crippen molar-refractivity contribution in [1.82, 2.24) is 5.32 Å². The van der Waals surface area contributed by atoms with Gasteiger partial charge in [-0.05, 0) is 37.5 Å². The van der Waals surface area contributed by atoms with Crippen molar-refractivity contribution in [2.75, 3.05) is 13.2 Å². The largest absolute Gasteiger partial charge is 0.494 e. The highest BCUT2D eigenvalue weighted by atomic mass is 16.5. The van der Waals surface area contributed by atoms with Crippen molar-refractivity contribution in [1.29, 1.82) is 0 Å². The second-order valence-corrected chi connectivity index (χ2v) is 4.91. The van der Waals surface area contributed by atoms with Gasteiger partial charge in [0.1, 0.15) is 5.75 Å². The van der Waals surface area contributed by atoms with Crippen LogP contribution in [0.25, 0.3) is 0 Å². The Bertz CT molecular complexity index is 361. The molecule has 1 aliphatic carbocycles. The second kappa shape index (κ2) is 6.76. The third-order valence-electron chi connectivity index (χ3n) is 3.51. The molecule has 1 atom stereocenters. The molecule has 0 spiro atoms. The molecule has 0 radical (unpaired) electrons. The Kier molecular flexibility index (Phi) is 5.02. The fraction of sp³-hybridized carbons (Fsp3) is 0.600. The van der Waals surface area contributed by atoms with E-state index in [1.54, 1.807) is 0 Å². The molecule has 18 heavy (non-hydrogen) atoms. The Morgan fingerprint density at radius 3 is 2.89 bits per heavy atom. The lowest BCUT2D eigenvalue weighted by Crippen LogP contribution is -2.30. The number of aliphatic hydroxyl groups excluding tert-OH is 1. The summed E-state index contributed by atoms with van der Waals surface area (Å²) in [6.07, 6.45) is 4.66. The van der Waals surface area contributed by atoms with Crippen molar-refractivity contribution in [3.8, 4) is 5.75 Å². The third-order valence-corrected chi connectivity index (χ3v) is 3.51. The molecule has 3 heteroatoms. The van der Waals surface area contributed by atoms with E-state index in [1.165, 1.54) is 25.7 Å². The maximum Gasteiger partial charge on any atom is 0.119 e. The topological polar surface area (TPSA) is 41.5 Å². The predicted molar refractivity (Wildman–Crippen MR) is 72.8 cm³/mol. The summed E-state index contributed by atoms with van der Waals surface area (Å²) in [4.78, 5) is 0. The molecule has 1 fully saturated rings. The van der Waals surface area contributed by atoms with Gasteiger partial charge < -0.3 is 15.2 Å². The van der Waals surface area contributed by atoms with Crippen LogP contribution in [0.5, 0.6) is 5.75 Å². The van der Waals surface area contributed by atoms with Gasteiger partial charge >= 0.3 is 0 Å². The average molecular weight is 249 g/mol. The molecule has 0 amide bonds. The van der Waals surface area contributed by atoms with Gasteiger partial charge in [0.2, 0.25) is 0 Å². The molecule has 2 N–H and O–H groups in total. The minimum absolute atomic E-state index is 0.453. The third kappa shape index (κ3) is 3.72. The zero-order valence-corrected chi connectivity index (χ0v) is 11.1. The van der Waals surface area contributed by atoms with Crippen LogP contribution in [-0.4, -0.2) is 24.3 Å². The first-order valence-electron chi connectivity index (χ1n) is 6.94. The smallest absolute Gasteiger partial charge is 0.119 e. The number of hydrogen-bond acceptors (Lipinski definition) is 3. The lowest BCUT2D eigenvalue weighted by Gasteiger charge is -2.17. The van der Waals surface area contributed by atoms with Gasteiger partial charge in [0.05, 0.1) is 12.7 Å². The zero-order chi connectivity index (χ0) is 12.8. The van der Waals surface area contributed by atoms with E-state index >= 15 is 0 Å². The maximum absolute atomic E-state index is 10.2. The molecular weight excluding hydrogens is 226 g/mol. The van der Waals surface area contributed by atoms with Gasteiger partial charge in [0, 0.05) is 12.6 Å². The van der Waals surface area contributed by atoms with Crippen molar-refractivity contribution < 1.29 is 9.84 Å². The molecule has 2 rings (SSSR count). The molecule has 0 aliphatic heterocycles. The summed E-state index contributed by atoms with van der Waals surface area (Å²) in [5.74, 6) is 0.829. The summed E-state index contributed by atoms with van der Waals surface area (Å²) in [6.45, 7) is 3.24. The number of rotatable bonds is 6. The normalized spacial score (nSPS) is 17.9. The van der Waals surface area contributed by atoms with Crippen LogP contribution in [0, 0.1) is 0 Å². The number of nitrogens with one attached hydrogen (secondary N) is 1. The van der Waals surface area contributed by atoms with E-state index in [0.29, 0.717) is 19.2 Å². The molecule has 1 aliphatic rings. The van der Waals surface area contributed by atoms with Crippen LogP contribution in [0.3, 0.4) is 0 Å². The molecule has 0 bridgehead atoms. The first-order chi connectivity index (χ1) is 8.79. The highest BCUT2D eigenvalue weighted by Crippen LogP contribution is 2.21. The van der Waals surface area contributed by atoms with Crippen LogP contribution in [0.2, 0.25) is 0 Å². The van der Waals surface area contributed by atoms with E-state index in [0.717, 1.165) is 11.3 Å². The van der Waals surface area contributed by atoms with Crippen molar-refractivity contribution >= 4 is 0 Å². The number of hydrogen-bond donors (Lipinski definition) is 2. The number of benzene rings is 1. The van der Waals surface area contributed by atoms with Crippen LogP contribution < -0.4 is 10.1 Å². The molecule has 1 aromatic rings. The summed E-state index contributed by atoms with van der Waals surface area (Å²) in [7, 11) is 0. The predicted octanol–water partition coefficient (Wildman–Crippen LogP) is 2.65. The van der Waals surface area contributed by atoms with Crippen molar-refractivity contribution in [3.05, 3.63) is 29.8 Å². The van der Waals surface area contributed by atoms with Gasteiger partial charge in [-0.3, -0.25) is 0 Å².